The summed E-state index contributed by atoms with van der Waals surface area (Å²) >= 11 is 0. The van der Waals surface area contributed by atoms with Gasteiger partial charge >= 0.3 is 18.1 Å². The van der Waals surface area contributed by atoms with E-state index in [0.29, 0.717) is 47.9 Å². The largest absolute Gasteiger partial charge is 0.471 e. The van der Waals surface area contributed by atoms with Crippen LogP contribution in [0.5, 0.6) is 0 Å². The van der Waals surface area contributed by atoms with Crippen molar-refractivity contribution in [2.75, 3.05) is 18.5 Å². The van der Waals surface area contributed by atoms with Gasteiger partial charge in [-0.1, -0.05) is 38.5 Å². The highest BCUT2D eigenvalue weighted by Crippen LogP contribution is 2.31. The summed E-state index contributed by atoms with van der Waals surface area (Å²) in [6.07, 6.45) is -1.38. The molecule has 0 saturated heterocycles. The van der Waals surface area contributed by atoms with Gasteiger partial charge in [-0.2, -0.15) is 17.9 Å². The van der Waals surface area contributed by atoms with Gasteiger partial charge in [0.2, 0.25) is 0 Å². The summed E-state index contributed by atoms with van der Waals surface area (Å²) < 4.78 is 45.3. The van der Waals surface area contributed by atoms with Crippen LogP contribution in [-0.2, 0) is 20.7 Å². The van der Waals surface area contributed by atoms with Gasteiger partial charge in [-0.25, -0.2) is 9.97 Å². The smallest absolute Gasteiger partial charge is 0.466 e. The molecule has 2 heterocycles. The number of fused-ring (bicyclic) bond motifs is 3. The van der Waals surface area contributed by atoms with Gasteiger partial charge in [-0.05, 0) is 25.3 Å². The number of esters is 1. The number of benzene rings is 1. The maximum absolute atomic E-state index is 12.9. The van der Waals surface area contributed by atoms with Crippen LogP contribution in [0.2, 0.25) is 0 Å². The number of nitrogens with one attached hydrogen (secondary N) is 1. The number of carbonyl (C=O) groups is 2. The summed E-state index contributed by atoms with van der Waals surface area (Å²) in [4.78, 5) is 37.6. The zero-order valence-electron chi connectivity index (χ0n) is 19.1. The molecular weight excluding hydrogens is 453 g/mol. The number of amides is 1. The molecule has 11 heteroatoms. The van der Waals surface area contributed by atoms with E-state index < -0.39 is 12.1 Å². The van der Waals surface area contributed by atoms with Crippen LogP contribution in [0.4, 0.5) is 19.0 Å². The van der Waals surface area contributed by atoms with Gasteiger partial charge in [0, 0.05) is 18.2 Å². The Balaban J connectivity index is 1.96. The molecule has 0 bridgehead atoms. The molecule has 0 aliphatic heterocycles. The van der Waals surface area contributed by atoms with Crippen LogP contribution in [0.25, 0.3) is 21.9 Å². The topological polar surface area (TPSA) is 95.3 Å². The van der Waals surface area contributed by atoms with Crippen molar-refractivity contribution in [2.24, 2.45) is 0 Å². The molecule has 1 aromatic carbocycles. The zero-order valence-corrected chi connectivity index (χ0v) is 19.1. The molecule has 2 aromatic heterocycles. The van der Waals surface area contributed by atoms with E-state index in [0.717, 1.165) is 12.8 Å². The third kappa shape index (κ3) is 5.95. The minimum Gasteiger partial charge on any atom is -0.466 e. The molecule has 0 unspecified atom stereocenters. The van der Waals surface area contributed by atoms with Crippen LogP contribution < -0.4 is 10.2 Å². The van der Waals surface area contributed by atoms with Crippen molar-refractivity contribution in [2.45, 2.75) is 58.5 Å². The summed E-state index contributed by atoms with van der Waals surface area (Å²) in [5, 5.41) is 2.49. The van der Waals surface area contributed by atoms with E-state index in [1.54, 1.807) is 31.2 Å². The summed E-state index contributed by atoms with van der Waals surface area (Å²) in [5.74, 6) is -2.14. The number of halogens is 3. The van der Waals surface area contributed by atoms with E-state index in [9.17, 15) is 22.8 Å². The molecule has 0 aliphatic rings. The van der Waals surface area contributed by atoms with Crippen LogP contribution >= 0.6 is 0 Å². The van der Waals surface area contributed by atoms with Crippen molar-refractivity contribution in [3.63, 3.8) is 0 Å². The van der Waals surface area contributed by atoms with Crippen molar-refractivity contribution in [3.8, 4) is 0 Å². The van der Waals surface area contributed by atoms with Gasteiger partial charge in [-0.15, -0.1) is 0 Å². The lowest BCUT2D eigenvalue weighted by Crippen LogP contribution is -2.30. The fraction of sp³-hybridized carbons (Fsp3) is 0.478. The predicted octanol–water partition coefficient (Wildman–Crippen LogP) is 4.59. The number of carbonyl (C=O) groups excluding carboxylic acids is 2. The molecule has 3 aromatic rings. The Kier molecular flexibility index (Phi) is 8.30. The number of hydrogen-bond donors (Lipinski definition) is 1. The Hall–Kier alpha value is -3.37. The molecule has 0 atom stereocenters. The van der Waals surface area contributed by atoms with E-state index in [1.165, 1.54) is 4.73 Å². The normalized spacial score (nSPS) is 11.7. The first kappa shape index (κ1) is 25.3. The first-order chi connectivity index (χ1) is 16.3. The molecule has 0 aliphatic carbocycles. The predicted molar refractivity (Wildman–Crippen MR) is 120 cm³/mol. The van der Waals surface area contributed by atoms with Crippen molar-refractivity contribution in [1.29, 1.82) is 0 Å². The molecule has 8 nitrogen and oxygen atoms in total. The molecule has 0 saturated carbocycles. The molecule has 0 fully saturated rings. The van der Waals surface area contributed by atoms with Crippen molar-refractivity contribution < 1.29 is 32.3 Å². The molecule has 0 spiro atoms. The van der Waals surface area contributed by atoms with Crippen molar-refractivity contribution in [3.05, 3.63) is 30.1 Å². The Morgan fingerprint density at radius 1 is 1.06 bits per heavy atom. The zero-order chi connectivity index (χ0) is 24.7. The molecular formula is C23H27F3N4O4. The van der Waals surface area contributed by atoms with Crippen LogP contribution in [0.15, 0.2) is 24.3 Å². The number of unbranched alkanes of at least 4 members (excludes halogenated alkanes) is 2. The summed E-state index contributed by atoms with van der Waals surface area (Å²) in [6, 6.07) is 6.90. The van der Waals surface area contributed by atoms with E-state index in [-0.39, 0.29) is 30.5 Å². The number of imidazole rings is 1. The van der Waals surface area contributed by atoms with Crippen LogP contribution in [0.1, 0.15) is 51.8 Å². The fourth-order valence-electron chi connectivity index (χ4n) is 3.34. The Morgan fingerprint density at radius 3 is 2.50 bits per heavy atom. The highest BCUT2D eigenvalue weighted by atomic mass is 19.4. The summed E-state index contributed by atoms with van der Waals surface area (Å²) in [7, 11) is 0. The minimum absolute atomic E-state index is 0.124. The van der Waals surface area contributed by atoms with E-state index >= 15 is 0 Å². The Morgan fingerprint density at radius 2 is 1.79 bits per heavy atom. The second-order valence-corrected chi connectivity index (χ2v) is 7.67. The lowest BCUT2D eigenvalue weighted by molar-refractivity contribution is -0.167. The molecule has 3 rings (SSSR count). The Bertz CT molecular complexity index is 1160. The van der Waals surface area contributed by atoms with E-state index in [1.807, 2.05) is 12.2 Å². The number of aryl methyl sites for hydroxylation is 1. The number of anilines is 1. The van der Waals surface area contributed by atoms with Crippen LogP contribution in [0, 0.1) is 0 Å². The number of pyridine rings is 1. The third-order valence-electron chi connectivity index (χ3n) is 5.07. The van der Waals surface area contributed by atoms with Gasteiger partial charge < -0.3 is 14.9 Å². The quantitative estimate of drug-likeness (QED) is 0.319. The standard InChI is InChI=1S/C23H27F3N4O4/c1-3-5-12-17-28-19-20(30(17)34-14-9-8-13-33-18(31)4-2)15-10-6-7-11-16(15)27-21(19)29-22(32)23(24,25)26/h6-7,10-11H,3-5,8-9,12-14H2,1-2H3,(H,27,29,32). The maximum atomic E-state index is 12.9. The lowest BCUT2D eigenvalue weighted by atomic mass is 10.2. The number of ether oxygens (including phenoxy) is 1. The minimum atomic E-state index is -5.06. The molecule has 184 valence electrons. The second-order valence-electron chi connectivity index (χ2n) is 7.67. The van der Waals surface area contributed by atoms with Gasteiger partial charge in [0.15, 0.2) is 5.82 Å². The van der Waals surface area contributed by atoms with Gasteiger partial charge in [0.1, 0.15) is 23.5 Å². The van der Waals surface area contributed by atoms with Gasteiger partial charge in [0.05, 0.1) is 12.1 Å². The highest BCUT2D eigenvalue weighted by molar-refractivity contribution is 6.10. The number of hydrogen-bond acceptors (Lipinski definition) is 6. The fourth-order valence-corrected chi connectivity index (χ4v) is 3.34. The monoisotopic (exact) mass is 480 g/mol. The van der Waals surface area contributed by atoms with Gasteiger partial charge in [0.25, 0.3) is 0 Å². The second kappa shape index (κ2) is 11.2. The Labute approximate surface area is 194 Å². The average molecular weight is 480 g/mol. The van der Waals surface area contributed by atoms with E-state index in [4.69, 9.17) is 9.57 Å². The van der Waals surface area contributed by atoms with E-state index in [2.05, 4.69) is 9.97 Å². The van der Waals surface area contributed by atoms with Crippen LogP contribution in [0.3, 0.4) is 0 Å². The molecule has 34 heavy (non-hydrogen) atoms. The number of para-hydroxylation sites is 1. The number of nitrogens with zero attached hydrogens (tertiary/aromatic N) is 3. The third-order valence-corrected chi connectivity index (χ3v) is 5.07. The molecule has 0 radical (unpaired) electrons. The molecule has 1 N–H and O–H groups in total. The maximum Gasteiger partial charge on any atom is 0.471 e. The number of alkyl halides is 3. The first-order valence-corrected chi connectivity index (χ1v) is 11.2. The lowest BCUT2D eigenvalue weighted by Gasteiger charge is -2.13. The molecule has 1 amide bonds. The summed E-state index contributed by atoms with van der Waals surface area (Å²) in [6.45, 7) is 4.29. The van der Waals surface area contributed by atoms with Crippen LogP contribution in [-0.4, -0.2) is 46.0 Å². The van der Waals surface area contributed by atoms with Gasteiger partial charge in [-0.3, -0.25) is 9.59 Å². The highest BCUT2D eigenvalue weighted by Gasteiger charge is 2.39. The first-order valence-electron chi connectivity index (χ1n) is 11.2. The average Bonchev–Trinajstić information content (AvgIpc) is 3.18. The van der Waals surface area contributed by atoms with Crippen molar-refractivity contribution in [1.82, 2.24) is 14.7 Å². The number of rotatable bonds is 11. The van der Waals surface area contributed by atoms with Crippen molar-refractivity contribution >= 4 is 39.6 Å². The number of aromatic nitrogens is 3. The SMILES string of the molecule is CCCCc1nc2c(NC(=O)C(F)(F)F)nc3ccccc3c2n1OCCCCOC(=O)CC. The summed E-state index contributed by atoms with van der Waals surface area (Å²) in [5.41, 5.74) is 0.955.